The van der Waals surface area contributed by atoms with E-state index < -0.39 is 10.4 Å². The van der Waals surface area contributed by atoms with Crippen LogP contribution in [-0.4, -0.2) is 48.6 Å². The Hall–Kier alpha value is -1.08. The number of aryl methyl sites for hydroxylation is 1. The van der Waals surface area contributed by atoms with Crippen molar-refractivity contribution in [3.05, 3.63) is 29.3 Å². The number of aliphatic imine (C=N–C) groups is 1. The SMILES string of the molecule is CN[S+](=O)([O-])CCc1ccc2c(c1)C(C1CCN(C)CC1)C=N2. The summed E-state index contributed by atoms with van der Waals surface area (Å²) in [5.41, 5.74) is 3.40. The second kappa shape index (κ2) is 6.81. The number of nitrogens with zero attached hydrogens (tertiary/aromatic N) is 2. The lowest BCUT2D eigenvalue weighted by atomic mass is 9.81. The molecule has 0 aliphatic carbocycles. The fourth-order valence-corrected chi connectivity index (χ4v) is 4.21. The molecule has 0 saturated carbocycles. The van der Waals surface area contributed by atoms with Gasteiger partial charge in [0.15, 0.2) is 0 Å². The molecule has 2 aliphatic rings. The number of fused-ring (bicyclic) bond motifs is 1. The monoisotopic (exact) mass is 335 g/mol. The van der Waals surface area contributed by atoms with Gasteiger partial charge in [-0.3, -0.25) is 4.99 Å². The predicted molar refractivity (Wildman–Crippen MR) is 94.0 cm³/mol. The first-order valence-electron chi connectivity index (χ1n) is 8.25. The highest BCUT2D eigenvalue weighted by Gasteiger charge is 2.30. The summed E-state index contributed by atoms with van der Waals surface area (Å²) < 4.78 is 25.6. The maximum atomic E-state index is 11.6. The molecule has 2 atom stereocenters. The van der Waals surface area contributed by atoms with Crippen LogP contribution in [0.5, 0.6) is 0 Å². The largest absolute Gasteiger partial charge is 0.598 e. The van der Waals surface area contributed by atoms with E-state index in [2.05, 4.69) is 33.9 Å². The summed E-state index contributed by atoms with van der Waals surface area (Å²) in [6, 6.07) is 6.19. The third-order valence-corrected chi connectivity index (χ3v) is 6.43. The zero-order valence-electron chi connectivity index (χ0n) is 13.8. The first-order valence-corrected chi connectivity index (χ1v) is 9.90. The summed E-state index contributed by atoms with van der Waals surface area (Å²) in [7, 11) is 0.475. The van der Waals surface area contributed by atoms with Crippen LogP contribution in [0.3, 0.4) is 0 Å². The molecule has 5 nitrogen and oxygen atoms in total. The van der Waals surface area contributed by atoms with Crippen molar-refractivity contribution in [1.29, 1.82) is 0 Å². The van der Waals surface area contributed by atoms with Crippen LogP contribution < -0.4 is 4.72 Å². The third-order valence-electron chi connectivity index (χ3n) is 5.07. The zero-order chi connectivity index (χ0) is 16.4. The van der Waals surface area contributed by atoms with Crippen molar-refractivity contribution in [3.63, 3.8) is 0 Å². The van der Waals surface area contributed by atoms with Gasteiger partial charge in [-0.1, -0.05) is 16.3 Å². The Morgan fingerprint density at radius 2 is 2.13 bits per heavy atom. The lowest BCUT2D eigenvalue weighted by Gasteiger charge is -2.32. The normalized spacial score (nSPS) is 24.6. The van der Waals surface area contributed by atoms with Crippen molar-refractivity contribution in [2.24, 2.45) is 10.9 Å². The average Bonchev–Trinajstić information content (AvgIpc) is 2.97. The van der Waals surface area contributed by atoms with Crippen molar-refractivity contribution in [2.75, 3.05) is 32.9 Å². The molecule has 1 fully saturated rings. The molecule has 2 unspecified atom stereocenters. The number of benzene rings is 1. The molecule has 1 N–H and O–H groups in total. The van der Waals surface area contributed by atoms with Gasteiger partial charge in [-0.15, -0.1) is 4.72 Å². The van der Waals surface area contributed by atoms with Crippen LogP contribution >= 0.6 is 0 Å². The van der Waals surface area contributed by atoms with Crippen LogP contribution in [0.15, 0.2) is 23.2 Å². The first kappa shape index (κ1) is 16.8. The van der Waals surface area contributed by atoms with Crippen molar-refractivity contribution >= 4 is 22.3 Å². The van der Waals surface area contributed by atoms with Gasteiger partial charge >= 0.3 is 0 Å². The molecule has 0 spiro atoms. The molecule has 0 bridgehead atoms. The van der Waals surface area contributed by atoms with E-state index in [0.717, 1.165) is 24.3 Å². The van der Waals surface area contributed by atoms with Crippen LogP contribution in [0, 0.1) is 5.92 Å². The topological polar surface area (TPSA) is 67.8 Å². The summed E-state index contributed by atoms with van der Waals surface area (Å²) in [5.74, 6) is 1.16. The minimum Gasteiger partial charge on any atom is -0.598 e. The number of sulfonamides is 1. The van der Waals surface area contributed by atoms with Crippen LogP contribution in [0.1, 0.15) is 29.9 Å². The highest BCUT2D eigenvalue weighted by atomic mass is 32.3. The van der Waals surface area contributed by atoms with Crippen molar-refractivity contribution < 1.29 is 8.76 Å². The smallest absolute Gasteiger partial charge is 0.131 e. The van der Waals surface area contributed by atoms with Crippen LogP contribution in [0.2, 0.25) is 0 Å². The van der Waals surface area contributed by atoms with Gasteiger partial charge in [-0.25, -0.2) is 0 Å². The van der Waals surface area contributed by atoms with Crippen molar-refractivity contribution in [1.82, 2.24) is 9.62 Å². The number of hydrogen-bond acceptors (Lipinski definition) is 4. The van der Waals surface area contributed by atoms with Crippen molar-refractivity contribution in [3.8, 4) is 0 Å². The second-order valence-corrected chi connectivity index (χ2v) is 8.66. The lowest BCUT2D eigenvalue weighted by Crippen LogP contribution is -2.32. The Labute approximate surface area is 139 Å². The highest BCUT2D eigenvalue weighted by molar-refractivity contribution is 7.95. The van der Waals surface area contributed by atoms with Gasteiger partial charge in [-0.2, -0.15) is 0 Å². The van der Waals surface area contributed by atoms with E-state index >= 15 is 0 Å². The van der Waals surface area contributed by atoms with E-state index in [1.54, 1.807) is 0 Å². The molecule has 0 radical (unpaired) electrons. The lowest BCUT2D eigenvalue weighted by molar-refractivity contribution is 0.214. The first-order chi connectivity index (χ1) is 11.0. The molecule has 126 valence electrons. The molecule has 0 aromatic heterocycles. The number of piperidine rings is 1. The van der Waals surface area contributed by atoms with Gasteiger partial charge in [0.05, 0.1) is 5.69 Å². The van der Waals surface area contributed by atoms with E-state index in [1.807, 2.05) is 12.1 Å². The van der Waals surface area contributed by atoms with Gasteiger partial charge in [0.25, 0.3) is 0 Å². The number of hydrogen-bond donors (Lipinski definition) is 1. The third kappa shape index (κ3) is 3.88. The summed E-state index contributed by atoms with van der Waals surface area (Å²) in [6.45, 7) is 2.29. The number of likely N-dealkylation sites (tertiary alicyclic amines) is 1. The molecule has 23 heavy (non-hydrogen) atoms. The van der Waals surface area contributed by atoms with E-state index in [-0.39, 0.29) is 5.75 Å². The predicted octanol–water partition coefficient (Wildman–Crippen LogP) is 2.13. The Kier molecular flexibility index (Phi) is 4.96. The number of rotatable bonds is 5. The quantitative estimate of drug-likeness (QED) is 0.838. The molecule has 6 heteroatoms. The minimum absolute atomic E-state index is 0.127. The Morgan fingerprint density at radius 1 is 1.39 bits per heavy atom. The number of nitrogens with one attached hydrogen (secondary N) is 1. The van der Waals surface area contributed by atoms with E-state index in [0.29, 0.717) is 18.3 Å². The van der Waals surface area contributed by atoms with Gasteiger partial charge in [0, 0.05) is 25.6 Å². The fraction of sp³-hybridized carbons (Fsp3) is 0.588. The summed E-state index contributed by atoms with van der Waals surface area (Å²) in [4.78, 5) is 6.95. The Morgan fingerprint density at radius 3 is 2.83 bits per heavy atom. The molecule has 2 aliphatic heterocycles. The van der Waals surface area contributed by atoms with Gasteiger partial charge < -0.3 is 9.45 Å². The summed E-state index contributed by atoms with van der Waals surface area (Å²) in [6.07, 6.45) is 5.03. The average molecular weight is 335 g/mol. The fourth-order valence-electron chi connectivity index (χ4n) is 3.50. The van der Waals surface area contributed by atoms with Gasteiger partial charge in [-0.05, 0) is 56.1 Å². The standard InChI is InChI=1S/C17H25N3O2S/c1-18-23(21,22)10-7-13-3-4-17-15(11-13)16(12-19-17)14-5-8-20(2)9-6-14/h3-4,11-12,14,16H,5-10H2,1-2H3,(H-,18,21,22). The molecule has 2 heterocycles. The van der Waals surface area contributed by atoms with Crippen molar-refractivity contribution in [2.45, 2.75) is 25.2 Å². The molecule has 0 amide bonds. The van der Waals surface area contributed by atoms with Gasteiger partial charge in [0.1, 0.15) is 16.2 Å². The molecule has 1 saturated heterocycles. The minimum atomic E-state index is -3.16. The Bertz CT molecular complexity index is 639. The van der Waals surface area contributed by atoms with Crippen LogP contribution in [0.4, 0.5) is 5.69 Å². The molecule has 1 aromatic carbocycles. The zero-order valence-corrected chi connectivity index (χ0v) is 14.6. The van der Waals surface area contributed by atoms with E-state index in [9.17, 15) is 8.76 Å². The second-order valence-electron chi connectivity index (χ2n) is 6.61. The molecule has 1 aromatic rings. The summed E-state index contributed by atoms with van der Waals surface area (Å²) in [5, 5.41) is 0. The molecular weight excluding hydrogens is 310 g/mol. The Balaban J connectivity index is 1.72. The molecule has 3 rings (SSSR count). The summed E-state index contributed by atoms with van der Waals surface area (Å²) >= 11 is 0. The maximum Gasteiger partial charge on any atom is 0.131 e. The van der Waals surface area contributed by atoms with Crippen LogP contribution in [-0.2, 0) is 21.0 Å². The van der Waals surface area contributed by atoms with Gasteiger partial charge in [0.2, 0.25) is 0 Å². The molecular formula is C17H25N3O2S. The van der Waals surface area contributed by atoms with Crippen LogP contribution in [0.25, 0.3) is 0 Å². The van der Waals surface area contributed by atoms with E-state index in [4.69, 9.17) is 0 Å². The van der Waals surface area contributed by atoms with E-state index in [1.165, 1.54) is 25.5 Å². The maximum absolute atomic E-state index is 11.6. The highest BCUT2D eigenvalue weighted by Crippen LogP contribution is 2.40.